The van der Waals surface area contributed by atoms with Crippen LogP contribution in [0.4, 0.5) is 5.82 Å². The van der Waals surface area contributed by atoms with Gasteiger partial charge in [0.2, 0.25) is 0 Å². The Kier molecular flexibility index (Phi) is 7.67. The van der Waals surface area contributed by atoms with Gasteiger partial charge in [-0.15, -0.1) is 6.58 Å². The molecule has 0 amide bonds. The summed E-state index contributed by atoms with van der Waals surface area (Å²) < 4.78 is 6.16. The summed E-state index contributed by atoms with van der Waals surface area (Å²) in [5.41, 5.74) is 2.01. The van der Waals surface area contributed by atoms with Gasteiger partial charge in [-0.25, -0.2) is 15.0 Å². The molecule has 2 aromatic rings. The van der Waals surface area contributed by atoms with Crippen molar-refractivity contribution in [1.29, 1.82) is 0 Å². The van der Waals surface area contributed by atoms with Crippen molar-refractivity contribution in [2.45, 2.75) is 65.6 Å². The fourth-order valence-electron chi connectivity index (χ4n) is 3.99. The van der Waals surface area contributed by atoms with Crippen LogP contribution >= 0.6 is 0 Å². The number of rotatable bonds is 11. The third-order valence-electron chi connectivity index (χ3n) is 5.86. The summed E-state index contributed by atoms with van der Waals surface area (Å²) in [6.07, 6.45) is 8.48. The molecule has 1 N–H and O–H groups in total. The van der Waals surface area contributed by atoms with Crippen molar-refractivity contribution in [2.75, 3.05) is 18.0 Å². The highest BCUT2D eigenvalue weighted by atomic mass is 16.5. The lowest BCUT2D eigenvalue weighted by atomic mass is 9.85. The molecule has 1 aliphatic heterocycles. The molecule has 0 saturated carbocycles. The van der Waals surface area contributed by atoms with E-state index in [1.54, 1.807) is 13.0 Å². The van der Waals surface area contributed by atoms with Gasteiger partial charge < -0.3 is 14.7 Å². The van der Waals surface area contributed by atoms with E-state index >= 15 is 0 Å². The van der Waals surface area contributed by atoms with Crippen LogP contribution in [0.25, 0.3) is 16.8 Å². The summed E-state index contributed by atoms with van der Waals surface area (Å²) in [6, 6.07) is 3.93. The molecule has 32 heavy (non-hydrogen) atoms. The Balaban J connectivity index is 2.11. The quantitative estimate of drug-likeness (QED) is 0.495. The SMILES string of the molecule is C=CC1OC(c2ccc3nc(CCC(C)O)nc(N(CCC)CCC)c3n2)=CC1(C)C=C. The number of anilines is 1. The maximum atomic E-state index is 9.72. The lowest BCUT2D eigenvalue weighted by Gasteiger charge is -2.24. The highest BCUT2D eigenvalue weighted by molar-refractivity contribution is 5.87. The van der Waals surface area contributed by atoms with Crippen molar-refractivity contribution >= 4 is 22.6 Å². The van der Waals surface area contributed by atoms with E-state index in [-0.39, 0.29) is 17.6 Å². The first-order chi connectivity index (χ1) is 15.3. The van der Waals surface area contributed by atoms with Crippen molar-refractivity contribution in [2.24, 2.45) is 5.41 Å². The molecule has 3 atom stereocenters. The Labute approximate surface area is 191 Å². The van der Waals surface area contributed by atoms with Crippen LogP contribution in [0.2, 0.25) is 0 Å². The second kappa shape index (κ2) is 10.3. The Morgan fingerprint density at radius 3 is 2.47 bits per heavy atom. The third-order valence-corrected chi connectivity index (χ3v) is 5.86. The maximum Gasteiger partial charge on any atom is 0.158 e. The summed E-state index contributed by atoms with van der Waals surface area (Å²) in [5.74, 6) is 2.31. The molecule has 1 aliphatic rings. The first kappa shape index (κ1) is 23.9. The summed E-state index contributed by atoms with van der Waals surface area (Å²) >= 11 is 0. The van der Waals surface area contributed by atoms with E-state index in [0.29, 0.717) is 12.8 Å². The van der Waals surface area contributed by atoms with E-state index in [1.165, 1.54) is 0 Å². The van der Waals surface area contributed by atoms with Crippen LogP contribution in [0.15, 0.2) is 43.5 Å². The lowest BCUT2D eigenvalue weighted by Crippen LogP contribution is -2.27. The van der Waals surface area contributed by atoms with Gasteiger partial charge in [0.15, 0.2) is 5.82 Å². The Morgan fingerprint density at radius 2 is 1.91 bits per heavy atom. The standard InChI is InChI=1S/C26H36N4O2/c1-7-15-30(16-8-2)25-24-20(27-23(29-25)14-11-18(5)31)13-12-19(28-24)21-17-26(6,10-4)22(9-3)32-21/h9-10,12-13,17-18,22,31H,3-4,7-8,11,14-16H2,1-2,5-6H3. The van der Waals surface area contributed by atoms with Gasteiger partial charge in [-0.3, -0.25) is 0 Å². The Morgan fingerprint density at radius 1 is 1.19 bits per heavy atom. The smallest absolute Gasteiger partial charge is 0.158 e. The number of aryl methyl sites for hydroxylation is 1. The molecule has 3 unspecified atom stereocenters. The zero-order chi connectivity index (χ0) is 23.3. The minimum Gasteiger partial charge on any atom is -0.483 e. The molecule has 3 rings (SSSR count). The number of hydrogen-bond donors (Lipinski definition) is 1. The van der Waals surface area contributed by atoms with Crippen LogP contribution in [0.5, 0.6) is 0 Å². The molecule has 0 fully saturated rings. The van der Waals surface area contributed by atoms with Gasteiger partial charge in [-0.05, 0) is 51.3 Å². The summed E-state index contributed by atoms with van der Waals surface area (Å²) in [7, 11) is 0. The molecule has 0 bridgehead atoms. The van der Waals surface area contributed by atoms with Crippen molar-refractivity contribution in [3.63, 3.8) is 0 Å². The lowest BCUT2D eigenvalue weighted by molar-refractivity contribution is 0.170. The number of nitrogens with zero attached hydrogens (tertiary/aromatic N) is 4. The third kappa shape index (κ3) is 5.01. The molecular formula is C26H36N4O2. The Hall–Kier alpha value is -2.73. The average Bonchev–Trinajstić information content (AvgIpc) is 3.13. The second-order valence-corrected chi connectivity index (χ2v) is 8.76. The zero-order valence-electron chi connectivity index (χ0n) is 19.8. The number of ether oxygens (including phenoxy) is 1. The van der Waals surface area contributed by atoms with Crippen molar-refractivity contribution in [3.05, 3.63) is 55.0 Å². The highest BCUT2D eigenvalue weighted by Gasteiger charge is 2.37. The summed E-state index contributed by atoms with van der Waals surface area (Å²) in [5, 5.41) is 9.72. The Bertz CT molecular complexity index is 995. The zero-order valence-corrected chi connectivity index (χ0v) is 19.8. The molecule has 2 aromatic heterocycles. The van der Waals surface area contributed by atoms with Crippen LogP contribution in [0.1, 0.15) is 58.5 Å². The molecule has 3 heterocycles. The van der Waals surface area contributed by atoms with Gasteiger partial charge in [0.1, 0.15) is 28.9 Å². The van der Waals surface area contributed by atoms with Gasteiger partial charge in [-0.2, -0.15) is 0 Å². The topological polar surface area (TPSA) is 71.4 Å². The summed E-state index contributed by atoms with van der Waals surface area (Å²) in [4.78, 5) is 16.9. The van der Waals surface area contributed by atoms with Crippen molar-refractivity contribution < 1.29 is 9.84 Å². The molecule has 0 spiro atoms. The van der Waals surface area contributed by atoms with Gasteiger partial charge in [0.05, 0.1) is 11.6 Å². The predicted molar refractivity (Wildman–Crippen MR) is 131 cm³/mol. The molecule has 0 aromatic carbocycles. The van der Waals surface area contributed by atoms with Crippen LogP contribution in [0.3, 0.4) is 0 Å². The van der Waals surface area contributed by atoms with E-state index < -0.39 is 0 Å². The van der Waals surface area contributed by atoms with Gasteiger partial charge in [0.25, 0.3) is 0 Å². The molecule has 172 valence electrons. The fourth-order valence-corrected chi connectivity index (χ4v) is 3.99. The molecule has 0 saturated heterocycles. The number of fused-ring (bicyclic) bond motifs is 1. The van der Waals surface area contributed by atoms with Crippen molar-refractivity contribution in [1.82, 2.24) is 15.0 Å². The molecule has 6 heteroatoms. The van der Waals surface area contributed by atoms with Gasteiger partial charge >= 0.3 is 0 Å². The first-order valence-corrected chi connectivity index (χ1v) is 11.6. The van der Waals surface area contributed by atoms with E-state index in [9.17, 15) is 5.11 Å². The van der Waals surface area contributed by atoms with Gasteiger partial charge in [0, 0.05) is 24.9 Å². The number of aromatic nitrogens is 3. The van der Waals surface area contributed by atoms with E-state index in [4.69, 9.17) is 19.7 Å². The van der Waals surface area contributed by atoms with E-state index in [1.807, 2.05) is 18.2 Å². The van der Waals surface area contributed by atoms with Gasteiger partial charge in [-0.1, -0.05) is 32.6 Å². The van der Waals surface area contributed by atoms with Crippen LogP contribution in [0, 0.1) is 5.41 Å². The van der Waals surface area contributed by atoms with Crippen molar-refractivity contribution in [3.8, 4) is 0 Å². The molecular weight excluding hydrogens is 400 g/mol. The number of aliphatic hydroxyl groups is 1. The minimum atomic E-state index is -0.385. The maximum absolute atomic E-state index is 9.72. The number of aliphatic hydroxyl groups excluding tert-OH is 1. The number of hydrogen-bond acceptors (Lipinski definition) is 6. The fraction of sp³-hybridized carbons (Fsp3) is 0.500. The first-order valence-electron chi connectivity index (χ1n) is 11.6. The summed E-state index contributed by atoms with van der Waals surface area (Å²) in [6.45, 7) is 17.9. The molecule has 6 nitrogen and oxygen atoms in total. The average molecular weight is 437 g/mol. The normalized spacial score (nSPS) is 21.2. The molecule has 0 radical (unpaired) electrons. The van der Waals surface area contributed by atoms with E-state index in [0.717, 1.165) is 60.1 Å². The minimum absolute atomic E-state index is 0.178. The predicted octanol–water partition coefficient (Wildman–Crippen LogP) is 5.08. The molecule has 0 aliphatic carbocycles. The van der Waals surface area contributed by atoms with Crippen LogP contribution in [-0.2, 0) is 11.2 Å². The number of pyridine rings is 1. The van der Waals surface area contributed by atoms with Crippen LogP contribution < -0.4 is 4.90 Å². The highest BCUT2D eigenvalue weighted by Crippen LogP contribution is 2.40. The second-order valence-electron chi connectivity index (χ2n) is 8.76. The monoisotopic (exact) mass is 436 g/mol. The van der Waals surface area contributed by atoms with Crippen LogP contribution in [-0.4, -0.2) is 45.4 Å². The largest absolute Gasteiger partial charge is 0.483 e. The van der Waals surface area contributed by atoms with E-state index in [2.05, 4.69) is 44.9 Å².